The maximum atomic E-state index is 13.7. The number of hydrogen-bond donors (Lipinski definition) is 2. The predicted octanol–water partition coefficient (Wildman–Crippen LogP) is 3.26. The monoisotopic (exact) mass is 515 g/mol. The molecule has 3 heterocycles. The second-order valence-corrected chi connectivity index (χ2v) is 9.61. The number of rotatable bonds is 8. The van der Waals surface area contributed by atoms with E-state index in [9.17, 15) is 18.0 Å². The van der Waals surface area contributed by atoms with Gasteiger partial charge in [-0.2, -0.15) is 18.4 Å². The molecule has 0 aliphatic carbocycles. The predicted molar refractivity (Wildman–Crippen MR) is 134 cm³/mol. The molecule has 2 aliphatic heterocycles. The van der Waals surface area contributed by atoms with Gasteiger partial charge in [-0.1, -0.05) is 12.1 Å². The lowest BCUT2D eigenvalue weighted by molar-refractivity contribution is -0.144. The first-order chi connectivity index (χ1) is 17.8. The summed E-state index contributed by atoms with van der Waals surface area (Å²) in [6.07, 6.45) is -0.279. The molecule has 8 nitrogen and oxygen atoms in total. The first kappa shape index (κ1) is 26.7. The van der Waals surface area contributed by atoms with E-state index in [1.165, 1.54) is 0 Å². The molecule has 1 amide bonds. The molecule has 1 atom stereocenters. The lowest BCUT2D eigenvalue weighted by Gasteiger charge is -2.34. The Balaban J connectivity index is 1.46. The molecule has 0 radical (unpaired) electrons. The Hall–Kier alpha value is -3.39. The molecule has 3 N–H and O–H groups in total. The fraction of sp³-hybridized carbons (Fsp3) is 0.538. The summed E-state index contributed by atoms with van der Waals surface area (Å²) in [5.74, 6) is -0.569. The normalized spacial score (nSPS) is 18.6. The van der Waals surface area contributed by atoms with Crippen molar-refractivity contribution in [3.05, 3.63) is 47.3 Å². The number of anilines is 2. The summed E-state index contributed by atoms with van der Waals surface area (Å²) in [5.41, 5.74) is 7.21. The van der Waals surface area contributed by atoms with Gasteiger partial charge >= 0.3 is 6.18 Å². The number of nitrogens with zero attached hydrogens (tertiary/aromatic N) is 5. The number of nitrogens with one attached hydrogen (secondary N) is 1. The van der Waals surface area contributed by atoms with E-state index < -0.39 is 18.0 Å². The molecule has 2 aliphatic rings. The summed E-state index contributed by atoms with van der Waals surface area (Å²) in [4.78, 5) is 24.2. The molecule has 0 spiro atoms. The number of nitrogens with two attached hydrogens (primary N) is 1. The molecule has 198 valence electrons. The fourth-order valence-corrected chi connectivity index (χ4v) is 5.05. The van der Waals surface area contributed by atoms with Crippen molar-refractivity contribution in [2.24, 2.45) is 11.7 Å². The lowest BCUT2D eigenvalue weighted by Crippen LogP contribution is -2.44. The van der Waals surface area contributed by atoms with Crippen LogP contribution in [0.3, 0.4) is 0 Å². The number of alkyl halides is 3. The largest absolute Gasteiger partial charge is 0.451 e. The summed E-state index contributed by atoms with van der Waals surface area (Å²) >= 11 is 0. The van der Waals surface area contributed by atoms with Gasteiger partial charge in [0.2, 0.25) is 11.7 Å². The van der Waals surface area contributed by atoms with Crippen LogP contribution in [-0.4, -0.2) is 54.6 Å². The highest BCUT2D eigenvalue weighted by atomic mass is 19.4. The Morgan fingerprint density at radius 2 is 1.81 bits per heavy atom. The van der Waals surface area contributed by atoms with Gasteiger partial charge in [0, 0.05) is 32.2 Å². The Labute approximate surface area is 214 Å². The van der Waals surface area contributed by atoms with Gasteiger partial charge in [-0.3, -0.25) is 4.79 Å². The van der Waals surface area contributed by atoms with E-state index in [0.29, 0.717) is 63.5 Å². The number of piperidine rings is 1. The number of amides is 1. The van der Waals surface area contributed by atoms with Gasteiger partial charge in [-0.15, -0.1) is 0 Å². The van der Waals surface area contributed by atoms with Crippen LogP contribution in [0.1, 0.15) is 49.1 Å². The molecule has 0 unspecified atom stereocenters. The smallest absolute Gasteiger partial charge is 0.356 e. The minimum Gasteiger partial charge on any atom is -0.356 e. The summed E-state index contributed by atoms with van der Waals surface area (Å²) in [6.45, 7) is 2.65. The Bertz CT molecular complexity index is 1110. The SMILES string of the molecule is N#Cc1ccc(CCNC(=O)[C@@H]2CCCN2c2cc(N3CCC(CCN)CC3)nc(C(F)(F)F)n2)cc1. The number of carbonyl (C=O) groups is 1. The third-order valence-corrected chi connectivity index (χ3v) is 7.11. The maximum absolute atomic E-state index is 13.7. The number of carbonyl (C=O) groups excluding carboxylic acids is 1. The van der Waals surface area contributed by atoms with Crippen LogP contribution in [0.25, 0.3) is 0 Å². The minimum absolute atomic E-state index is 0.131. The highest BCUT2D eigenvalue weighted by Gasteiger charge is 2.38. The van der Waals surface area contributed by atoms with Crippen molar-refractivity contribution in [1.82, 2.24) is 15.3 Å². The molecule has 2 saturated heterocycles. The molecule has 37 heavy (non-hydrogen) atoms. The fourth-order valence-electron chi connectivity index (χ4n) is 5.05. The summed E-state index contributed by atoms with van der Waals surface area (Å²) in [5, 5.41) is 11.8. The standard InChI is InChI=1S/C26H32F3N7O/c27-26(28,29)25-33-22(35-14-9-19(7-11-30)10-15-35)16-23(34-25)36-13-1-2-21(36)24(37)32-12-8-18-3-5-20(17-31)6-4-18/h3-6,16,19,21H,1-2,7-15,30H2,(H,32,37)/t21-/m0/s1. The topological polar surface area (TPSA) is 111 Å². The van der Waals surface area contributed by atoms with Crippen LogP contribution in [0.2, 0.25) is 0 Å². The van der Waals surface area contributed by atoms with E-state index in [1.807, 2.05) is 17.0 Å². The molecule has 2 aromatic rings. The van der Waals surface area contributed by atoms with Gasteiger partial charge < -0.3 is 20.9 Å². The quantitative estimate of drug-likeness (QED) is 0.555. The van der Waals surface area contributed by atoms with Crippen molar-refractivity contribution >= 4 is 17.5 Å². The third kappa shape index (κ3) is 6.68. The number of benzene rings is 1. The van der Waals surface area contributed by atoms with Crippen LogP contribution in [0, 0.1) is 17.2 Å². The van der Waals surface area contributed by atoms with Gasteiger partial charge in [0.15, 0.2) is 0 Å². The number of hydrogen-bond acceptors (Lipinski definition) is 7. The first-order valence-electron chi connectivity index (χ1n) is 12.7. The molecular formula is C26H32F3N7O. The molecule has 11 heteroatoms. The third-order valence-electron chi connectivity index (χ3n) is 7.11. The van der Waals surface area contributed by atoms with Crippen LogP contribution in [0.5, 0.6) is 0 Å². The highest BCUT2D eigenvalue weighted by molar-refractivity contribution is 5.85. The molecule has 1 aromatic heterocycles. The molecule has 1 aromatic carbocycles. The van der Waals surface area contributed by atoms with Gasteiger partial charge in [0.05, 0.1) is 11.6 Å². The van der Waals surface area contributed by atoms with E-state index in [0.717, 1.165) is 24.8 Å². The molecule has 0 saturated carbocycles. The number of halogens is 3. The van der Waals surface area contributed by atoms with Crippen LogP contribution in [0.15, 0.2) is 30.3 Å². The van der Waals surface area contributed by atoms with Crippen molar-refractivity contribution in [2.75, 3.05) is 42.5 Å². The molecule has 4 rings (SSSR count). The van der Waals surface area contributed by atoms with E-state index in [-0.39, 0.29) is 17.5 Å². The van der Waals surface area contributed by atoms with E-state index in [4.69, 9.17) is 11.0 Å². The average Bonchev–Trinajstić information content (AvgIpc) is 3.39. The molecule has 2 fully saturated rings. The van der Waals surface area contributed by atoms with Gasteiger partial charge in [-0.05, 0) is 68.7 Å². The van der Waals surface area contributed by atoms with Crippen molar-refractivity contribution in [2.45, 2.75) is 50.7 Å². The summed E-state index contributed by atoms with van der Waals surface area (Å²) in [6, 6.07) is 10.2. The van der Waals surface area contributed by atoms with Crippen LogP contribution >= 0.6 is 0 Å². The highest BCUT2D eigenvalue weighted by Crippen LogP contribution is 2.34. The molecule has 0 bridgehead atoms. The van der Waals surface area contributed by atoms with Crippen LogP contribution in [-0.2, 0) is 17.4 Å². The Morgan fingerprint density at radius 1 is 1.11 bits per heavy atom. The zero-order valence-corrected chi connectivity index (χ0v) is 20.7. The Morgan fingerprint density at radius 3 is 2.46 bits per heavy atom. The van der Waals surface area contributed by atoms with Crippen molar-refractivity contribution in [1.29, 1.82) is 5.26 Å². The van der Waals surface area contributed by atoms with Crippen molar-refractivity contribution in [3.63, 3.8) is 0 Å². The zero-order valence-electron chi connectivity index (χ0n) is 20.7. The van der Waals surface area contributed by atoms with Crippen molar-refractivity contribution in [3.8, 4) is 6.07 Å². The van der Waals surface area contributed by atoms with Crippen molar-refractivity contribution < 1.29 is 18.0 Å². The zero-order chi connectivity index (χ0) is 26.4. The number of aromatic nitrogens is 2. The first-order valence-corrected chi connectivity index (χ1v) is 12.7. The Kier molecular flexibility index (Phi) is 8.48. The van der Waals surface area contributed by atoms with Crippen LogP contribution < -0.4 is 20.9 Å². The van der Waals surface area contributed by atoms with Gasteiger partial charge in [0.25, 0.3) is 0 Å². The maximum Gasteiger partial charge on any atom is 0.451 e. The van der Waals surface area contributed by atoms with E-state index in [2.05, 4.69) is 21.4 Å². The summed E-state index contributed by atoms with van der Waals surface area (Å²) in [7, 11) is 0. The lowest BCUT2D eigenvalue weighted by atomic mass is 9.94. The minimum atomic E-state index is -4.69. The van der Waals surface area contributed by atoms with Gasteiger partial charge in [0.1, 0.15) is 17.7 Å². The second kappa shape index (κ2) is 11.8. The molecular weight excluding hydrogens is 483 g/mol. The van der Waals surface area contributed by atoms with Crippen LogP contribution in [0.4, 0.5) is 24.8 Å². The summed E-state index contributed by atoms with van der Waals surface area (Å²) < 4.78 is 41.2. The average molecular weight is 516 g/mol. The second-order valence-electron chi connectivity index (χ2n) is 9.61. The van der Waals surface area contributed by atoms with E-state index in [1.54, 1.807) is 23.1 Å². The van der Waals surface area contributed by atoms with E-state index >= 15 is 0 Å². The number of nitriles is 1. The van der Waals surface area contributed by atoms with Gasteiger partial charge in [-0.25, -0.2) is 9.97 Å².